The van der Waals surface area contributed by atoms with Crippen LogP contribution in [0, 0.1) is 11.3 Å². The Labute approximate surface area is 122 Å². The van der Waals surface area contributed by atoms with Gasteiger partial charge in [-0.3, -0.25) is 9.20 Å². The number of ketones is 1. The van der Waals surface area contributed by atoms with Gasteiger partial charge in [0, 0.05) is 12.1 Å². The monoisotopic (exact) mass is 275 g/mol. The first-order valence-electron chi connectivity index (χ1n) is 6.67. The first kappa shape index (κ1) is 13.1. The van der Waals surface area contributed by atoms with Gasteiger partial charge in [-0.25, -0.2) is 4.98 Å². The molecule has 0 spiro atoms. The maximum absolute atomic E-state index is 12.7. The Kier molecular flexibility index (Phi) is 3.25. The Hall–Kier alpha value is -2.93. The number of nitriles is 1. The summed E-state index contributed by atoms with van der Waals surface area (Å²) in [4.78, 5) is 16.9. The molecule has 0 bridgehead atoms. The number of fused-ring (bicyclic) bond motifs is 1. The summed E-state index contributed by atoms with van der Waals surface area (Å²) in [5.74, 6) is -0.331. The number of imidazole rings is 1. The van der Waals surface area contributed by atoms with Gasteiger partial charge in [0.25, 0.3) is 0 Å². The summed E-state index contributed by atoms with van der Waals surface area (Å²) in [7, 11) is 0. The average Bonchev–Trinajstić information content (AvgIpc) is 2.97. The molecule has 21 heavy (non-hydrogen) atoms. The minimum absolute atomic E-state index is 0.0104. The molecule has 0 N–H and O–H groups in total. The van der Waals surface area contributed by atoms with Crippen LogP contribution in [0.3, 0.4) is 0 Å². The van der Waals surface area contributed by atoms with Crippen molar-refractivity contribution in [1.29, 1.82) is 5.26 Å². The molecule has 1 atom stereocenters. The Morgan fingerprint density at radius 1 is 1.29 bits per heavy atom. The third-order valence-electron chi connectivity index (χ3n) is 3.58. The van der Waals surface area contributed by atoms with Crippen LogP contribution >= 0.6 is 0 Å². The molecule has 3 rings (SSSR count). The van der Waals surface area contributed by atoms with E-state index in [0.717, 1.165) is 11.2 Å². The summed E-state index contributed by atoms with van der Waals surface area (Å²) in [5.41, 5.74) is 2.70. The van der Waals surface area contributed by atoms with E-state index in [1.807, 2.05) is 37.4 Å². The van der Waals surface area contributed by atoms with E-state index >= 15 is 0 Å². The summed E-state index contributed by atoms with van der Waals surface area (Å²) >= 11 is 0. The molecule has 2 heterocycles. The van der Waals surface area contributed by atoms with Crippen LogP contribution in [0.25, 0.3) is 5.65 Å². The SMILES string of the molecule is CC(C(=O)c1cnc2ccccn12)c1cccc(C#N)c1. The summed E-state index contributed by atoms with van der Waals surface area (Å²) in [6.07, 6.45) is 3.43. The van der Waals surface area contributed by atoms with Crippen molar-refractivity contribution in [2.24, 2.45) is 0 Å². The number of carbonyl (C=O) groups excluding carboxylic acids is 1. The van der Waals surface area contributed by atoms with Gasteiger partial charge < -0.3 is 0 Å². The summed E-state index contributed by atoms with van der Waals surface area (Å²) in [6.45, 7) is 1.85. The second-order valence-electron chi connectivity index (χ2n) is 4.90. The predicted molar refractivity (Wildman–Crippen MR) is 79.1 cm³/mol. The van der Waals surface area contributed by atoms with Gasteiger partial charge in [-0.2, -0.15) is 5.26 Å². The van der Waals surface area contributed by atoms with Gasteiger partial charge in [-0.1, -0.05) is 25.1 Å². The minimum atomic E-state index is -0.321. The Balaban J connectivity index is 1.99. The number of aromatic nitrogens is 2. The zero-order chi connectivity index (χ0) is 14.8. The molecule has 0 saturated heterocycles. The van der Waals surface area contributed by atoms with Crippen molar-refractivity contribution in [2.45, 2.75) is 12.8 Å². The highest BCUT2D eigenvalue weighted by atomic mass is 16.1. The number of Topliss-reactive ketones (excluding diaryl/α,β-unsaturated/α-hetero) is 1. The topological polar surface area (TPSA) is 58.2 Å². The van der Waals surface area contributed by atoms with Crippen molar-refractivity contribution in [3.8, 4) is 6.07 Å². The second kappa shape index (κ2) is 5.22. The highest BCUT2D eigenvalue weighted by Crippen LogP contribution is 2.22. The molecule has 0 radical (unpaired) electrons. The molecule has 4 nitrogen and oxygen atoms in total. The lowest BCUT2D eigenvalue weighted by Crippen LogP contribution is -2.12. The van der Waals surface area contributed by atoms with E-state index < -0.39 is 0 Å². The van der Waals surface area contributed by atoms with E-state index in [1.165, 1.54) is 0 Å². The highest BCUT2D eigenvalue weighted by molar-refractivity contribution is 5.99. The summed E-state index contributed by atoms with van der Waals surface area (Å²) < 4.78 is 1.78. The van der Waals surface area contributed by atoms with Crippen LogP contribution < -0.4 is 0 Å². The molecule has 102 valence electrons. The van der Waals surface area contributed by atoms with Gasteiger partial charge in [0.15, 0.2) is 5.78 Å². The summed E-state index contributed by atoms with van der Waals surface area (Å²) in [5, 5.41) is 8.96. The van der Waals surface area contributed by atoms with Crippen LogP contribution in [-0.2, 0) is 0 Å². The molecule has 2 aromatic heterocycles. The van der Waals surface area contributed by atoms with Crippen LogP contribution in [0.2, 0.25) is 0 Å². The van der Waals surface area contributed by atoms with Crippen LogP contribution in [0.4, 0.5) is 0 Å². The number of benzene rings is 1. The Morgan fingerprint density at radius 3 is 2.95 bits per heavy atom. The van der Waals surface area contributed by atoms with Gasteiger partial charge in [0.05, 0.1) is 17.8 Å². The highest BCUT2D eigenvalue weighted by Gasteiger charge is 2.20. The van der Waals surface area contributed by atoms with E-state index in [2.05, 4.69) is 11.1 Å². The zero-order valence-corrected chi connectivity index (χ0v) is 11.5. The lowest BCUT2D eigenvalue weighted by Gasteiger charge is -2.10. The van der Waals surface area contributed by atoms with Crippen molar-refractivity contribution in [3.05, 3.63) is 71.7 Å². The van der Waals surface area contributed by atoms with Gasteiger partial charge in [0.2, 0.25) is 0 Å². The maximum atomic E-state index is 12.7. The van der Waals surface area contributed by atoms with E-state index in [4.69, 9.17) is 5.26 Å². The normalized spacial score (nSPS) is 12.0. The molecule has 1 unspecified atom stereocenters. The largest absolute Gasteiger partial charge is 0.297 e. The molecule has 0 aliphatic heterocycles. The average molecular weight is 275 g/mol. The third-order valence-corrected chi connectivity index (χ3v) is 3.58. The van der Waals surface area contributed by atoms with Crippen LogP contribution in [0.1, 0.15) is 34.5 Å². The van der Waals surface area contributed by atoms with E-state index in [9.17, 15) is 4.79 Å². The second-order valence-corrected chi connectivity index (χ2v) is 4.90. The van der Waals surface area contributed by atoms with Crippen molar-refractivity contribution in [1.82, 2.24) is 9.38 Å². The van der Waals surface area contributed by atoms with Crippen LogP contribution in [-0.4, -0.2) is 15.2 Å². The Morgan fingerprint density at radius 2 is 2.14 bits per heavy atom. The van der Waals surface area contributed by atoms with Gasteiger partial charge in [0.1, 0.15) is 11.3 Å². The van der Waals surface area contributed by atoms with Gasteiger partial charge >= 0.3 is 0 Å². The third kappa shape index (κ3) is 2.30. The number of carbonyl (C=O) groups is 1. The van der Waals surface area contributed by atoms with Crippen molar-refractivity contribution >= 4 is 11.4 Å². The standard InChI is InChI=1S/C17H13N3O/c1-12(14-6-4-5-13(9-14)10-18)17(21)15-11-19-16-7-2-3-8-20(15)16/h2-9,11-12H,1H3. The van der Waals surface area contributed by atoms with E-state index in [1.54, 1.807) is 28.8 Å². The number of pyridine rings is 1. The number of hydrogen-bond acceptors (Lipinski definition) is 3. The molecule has 4 heteroatoms. The number of rotatable bonds is 3. The molecule has 0 aliphatic carbocycles. The fraction of sp³-hybridized carbons (Fsp3) is 0.118. The van der Waals surface area contributed by atoms with Crippen molar-refractivity contribution in [2.75, 3.05) is 0 Å². The number of nitrogens with zero attached hydrogens (tertiary/aromatic N) is 3. The quantitative estimate of drug-likeness (QED) is 0.690. The molecule has 1 aromatic carbocycles. The number of hydrogen-bond donors (Lipinski definition) is 0. The first-order chi connectivity index (χ1) is 10.2. The summed E-state index contributed by atoms with van der Waals surface area (Å²) in [6, 6.07) is 14.9. The van der Waals surface area contributed by atoms with E-state index in [0.29, 0.717) is 11.3 Å². The molecular formula is C17H13N3O. The lowest BCUT2D eigenvalue weighted by atomic mass is 9.94. The van der Waals surface area contributed by atoms with Gasteiger partial charge in [-0.15, -0.1) is 0 Å². The zero-order valence-electron chi connectivity index (χ0n) is 11.5. The van der Waals surface area contributed by atoms with Crippen LogP contribution in [0.5, 0.6) is 0 Å². The van der Waals surface area contributed by atoms with E-state index in [-0.39, 0.29) is 11.7 Å². The molecule has 0 aliphatic rings. The maximum Gasteiger partial charge on any atom is 0.188 e. The molecular weight excluding hydrogens is 262 g/mol. The molecule has 0 amide bonds. The molecule has 0 fully saturated rings. The first-order valence-corrected chi connectivity index (χ1v) is 6.67. The van der Waals surface area contributed by atoms with Crippen LogP contribution in [0.15, 0.2) is 54.9 Å². The lowest BCUT2D eigenvalue weighted by molar-refractivity contribution is 0.0960. The van der Waals surface area contributed by atoms with Crippen molar-refractivity contribution < 1.29 is 4.79 Å². The predicted octanol–water partition coefficient (Wildman–Crippen LogP) is 3.19. The fourth-order valence-electron chi connectivity index (χ4n) is 2.37. The smallest absolute Gasteiger partial charge is 0.188 e. The molecule has 3 aromatic rings. The van der Waals surface area contributed by atoms with Crippen molar-refractivity contribution in [3.63, 3.8) is 0 Å². The fourth-order valence-corrected chi connectivity index (χ4v) is 2.37. The minimum Gasteiger partial charge on any atom is -0.297 e. The Bertz CT molecular complexity index is 858. The molecule has 0 saturated carbocycles. The van der Waals surface area contributed by atoms with Gasteiger partial charge in [-0.05, 0) is 29.8 Å².